The van der Waals surface area contributed by atoms with Crippen LogP contribution in [-0.2, 0) is 0 Å². The van der Waals surface area contributed by atoms with E-state index in [0.717, 1.165) is 19.3 Å². The maximum absolute atomic E-state index is 8.67. The van der Waals surface area contributed by atoms with E-state index in [1.165, 1.54) is 0 Å². The van der Waals surface area contributed by atoms with Gasteiger partial charge in [0.2, 0.25) is 0 Å². The predicted octanol–water partition coefficient (Wildman–Crippen LogP) is 1.42. The molecule has 2 unspecified atom stereocenters. The normalized spacial score (nSPS) is 29.0. The second kappa shape index (κ2) is 3.63. The highest BCUT2D eigenvalue weighted by molar-refractivity contribution is 5.12. The molecule has 1 aliphatic carbocycles. The molecule has 1 heteroatoms. The second-order valence-corrected chi connectivity index (χ2v) is 2.86. The highest BCUT2D eigenvalue weighted by Crippen LogP contribution is 2.36. The fourth-order valence-electron chi connectivity index (χ4n) is 0.954. The van der Waals surface area contributed by atoms with E-state index >= 15 is 0 Å². The molecule has 0 aromatic carbocycles. The fraction of sp³-hybridized carbons (Fsp3) is 0.778. The van der Waals surface area contributed by atoms with Gasteiger partial charge in [-0.2, -0.15) is 0 Å². The van der Waals surface area contributed by atoms with Crippen LogP contribution in [0.4, 0.5) is 0 Å². The van der Waals surface area contributed by atoms with E-state index in [4.69, 9.17) is 5.11 Å². The quantitative estimate of drug-likeness (QED) is 0.572. The first-order valence-electron chi connectivity index (χ1n) is 3.97. The van der Waals surface area contributed by atoms with E-state index in [1.807, 2.05) is 0 Å². The summed E-state index contributed by atoms with van der Waals surface area (Å²) in [6, 6.07) is 0. The van der Waals surface area contributed by atoms with Gasteiger partial charge in [0.25, 0.3) is 0 Å². The molecule has 0 aromatic rings. The summed E-state index contributed by atoms with van der Waals surface area (Å²) < 4.78 is 0. The third-order valence-corrected chi connectivity index (χ3v) is 1.82. The summed E-state index contributed by atoms with van der Waals surface area (Å²) in [6.45, 7) is 2.45. The van der Waals surface area contributed by atoms with Crippen LogP contribution in [0.15, 0.2) is 0 Å². The van der Waals surface area contributed by atoms with Crippen LogP contribution in [0.25, 0.3) is 0 Å². The molecule has 0 amide bonds. The molecule has 0 aliphatic heterocycles. The van der Waals surface area contributed by atoms with Crippen molar-refractivity contribution in [2.45, 2.75) is 26.2 Å². The summed E-state index contributed by atoms with van der Waals surface area (Å²) in [6.07, 6.45) is 3.27. The van der Waals surface area contributed by atoms with Gasteiger partial charge in [-0.25, -0.2) is 0 Å². The number of hydrogen-bond donors (Lipinski definition) is 1. The number of rotatable bonds is 2. The molecular weight excluding hydrogens is 124 g/mol. The standard InChI is InChI=1S/C9H14O/c1-2-3-4-5-8-6-9(8)7-10/h8-10H,2-3,6-7H2,1H3. The van der Waals surface area contributed by atoms with Crippen LogP contribution in [0.1, 0.15) is 26.2 Å². The Bertz CT molecular complexity index is 152. The molecule has 1 aliphatic rings. The summed E-state index contributed by atoms with van der Waals surface area (Å²) >= 11 is 0. The fourth-order valence-corrected chi connectivity index (χ4v) is 0.954. The molecule has 1 saturated carbocycles. The summed E-state index contributed by atoms with van der Waals surface area (Å²) in [5.41, 5.74) is 0. The van der Waals surface area contributed by atoms with Crippen molar-refractivity contribution in [3.8, 4) is 11.8 Å². The number of aliphatic hydroxyl groups excluding tert-OH is 1. The van der Waals surface area contributed by atoms with Gasteiger partial charge in [-0.3, -0.25) is 0 Å². The highest BCUT2D eigenvalue weighted by Gasteiger charge is 2.34. The Morgan fingerprint density at radius 2 is 2.40 bits per heavy atom. The molecule has 0 bridgehead atoms. The number of aliphatic hydroxyl groups is 1. The van der Waals surface area contributed by atoms with Crippen LogP contribution in [0, 0.1) is 23.7 Å². The Labute approximate surface area is 62.4 Å². The van der Waals surface area contributed by atoms with Gasteiger partial charge in [0.1, 0.15) is 0 Å². The van der Waals surface area contributed by atoms with Crippen LogP contribution in [0.2, 0.25) is 0 Å². The van der Waals surface area contributed by atoms with Crippen molar-refractivity contribution in [1.82, 2.24) is 0 Å². The van der Waals surface area contributed by atoms with Gasteiger partial charge in [0.15, 0.2) is 0 Å². The smallest absolute Gasteiger partial charge is 0.0471 e. The van der Waals surface area contributed by atoms with Crippen molar-refractivity contribution in [3.63, 3.8) is 0 Å². The zero-order valence-electron chi connectivity index (χ0n) is 6.43. The van der Waals surface area contributed by atoms with E-state index < -0.39 is 0 Å². The molecule has 1 rings (SSSR count). The Kier molecular flexibility index (Phi) is 2.77. The Morgan fingerprint density at radius 1 is 1.60 bits per heavy atom. The molecule has 2 atom stereocenters. The maximum atomic E-state index is 8.67. The molecular formula is C9H14O. The van der Waals surface area contributed by atoms with Crippen LogP contribution in [-0.4, -0.2) is 11.7 Å². The first-order chi connectivity index (χ1) is 4.88. The van der Waals surface area contributed by atoms with E-state index in [-0.39, 0.29) is 0 Å². The van der Waals surface area contributed by atoms with E-state index in [1.54, 1.807) is 0 Å². The van der Waals surface area contributed by atoms with Crippen molar-refractivity contribution in [3.05, 3.63) is 0 Å². The molecule has 10 heavy (non-hydrogen) atoms. The average Bonchev–Trinajstić information content (AvgIpc) is 2.68. The van der Waals surface area contributed by atoms with Gasteiger partial charge < -0.3 is 5.11 Å². The molecule has 56 valence electrons. The second-order valence-electron chi connectivity index (χ2n) is 2.86. The van der Waals surface area contributed by atoms with Gasteiger partial charge in [-0.1, -0.05) is 12.8 Å². The van der Waals surface area contributed by atoms with Gasteiger partial charge >= 0.3 is 0 Å². The van der Waals surface area contributed by atoms with Gasteiger partial charge in [-0.15, -0.1) is 5.92 Å². The minimum atomic E-state index is 0.325. The molecule has 0 spiro atoms. The first-order valence-corrected chi connectivity index (χ1v) is 3.97. The molecule has 1 nitrogen and oxygen atoms in total. The Hall–Kier alpha value is -0.480. The Morgan fingerprint density at radius 3 is 2.90 bits per heavy atom. The van der Waals surface area contributed by atoms with Gasteiger partial charge in [0, 0.05) is 18.9 Å². The molecule has 0 radical (unpaired) electrons. The Balaban J connectivity index is 2.12. The zero-order chi connectivity index (χ0) is 7.40. The summed E-state index contributed by atoms with van der Waals surface area (Å²) in [7, 11) is 0. The zero-order valence-corrected chi connectivity index (χ0v) is 6.43. The molecule has 0 heterocycles. The minimum absolute atomic E-state index is 0.325. The van der Waals surface area contributed by atoms with Crippen LogP contribution in [0.5, 0.6) is 0 Å². The summed E-state index contributed by atoms with van der Waals surface area (Å²) in [4.78, 5) is 0. The van der Waals surface area contributed by atoms with Gasteiger partial charge in [-0.05, 0) is 18.8 Å². The highest BCUT2D eigenvalue weighted by atomic mass is 16.3. The monoisotopic (exact) mass is 138 g/mol. The van der Waals surface area contributed by atoms with E-state index in [2.05, 4.69) is 18.8 Å². The van der Waals surface area contributed by atoms with Crippen molar-refractivity contribution in [2.75, 3.05) is 6.61 Å². The lowest BCUT2D eigenvalue weighted by Crippen LogP contribution is -1.85. The average molecular weight is 138 g/mol. The third-order valence-electron chi connectivity index (χ3n) is 1.82. The van der Waals surface area contributed by atoms with Crippen LogP contribution >= 0.6 is 0 Å². The molecule has 1 N–H and O–H groups in total. The van der Waals surface area contributed by atoms with Crippen molar-refractivity contribution in [1.29, 1.82) is 0 Å². The van der Waals surface area contributed by atoms with E-state index in [9.17, 15) is 0 Å². The summed E-state index contributed by atoms with van der Waals surface area (Å²) in [5.74, 6) is 7.28. The van der Waals surface area contributed by atoms with Crippen molar-refractivity contribution >= 4 is 0 Å². The van der Waals surface area contributed by atoms with Crippen LogP contribution in [0.3, 0.4) is 0 Å². The van der Waals surface area contributed by atoms with E-state index in [0.29, 0.717) is 18.4 Å². The molecule has 1 fully saturated rings. The first kappa shape index (κ1) is 7.63. The minimum Gasteiger partial charge on any atom is -0.396 e. The van der Waals surface area contributed by atoms with Crippen molar-refractivity contribution in [2.24, 2.45) is 11.8 Å². The predicted molar refractivity (Wildman–Crippen MR) is 41.4 cm³/mol. The lowest BCUT2D eigenvalue weighted by molar-refractivity contribution is 0.273. The summed E-state index contributed by atoms with van der Waals surface area (Å²) in [5, 5.41) is 8.67. The third kappa shape index (κ3) is 2.04. The van der Waals surface area contributed by atoms with Crippen LogP contribution < -0.4 is 0 Å². The number of hydrogen-bond acceptors (Lipinski definition) is 1. The molecule has 0 saturated heterocycles. The van der Waals surface area contributed by atoms with Crippen molar-refractivity contribution < 1.29 is 5.11 Å². The maximum Gasteiger partial charge on any atom is 0.0471 e. The van der Waals surface area contributed by atoms with Gasteiger partial charge in [0.05, 0.1) is 0 Å². The lowest BCUT2D eigenvalue weighted by Gasteiger charge is -1.82. The lowest BCUT2D eigenvalue weighted by atomic mass is 10.3. The largest absolute Gasteiger partial charge is 0.396 e. The SMILES string of the molecule is CCCC#CC1CC1CO. The molecule has 0 aromatic heterocycles. The topological polar surface area (TPSA) is 20.2 Å². The number of unbranched alkanes of at least 4 members (excludes halogenated alkanes) is 1.